The number of halogens is 2. The number of amides is 2. The van der Waals surface area contributed by atoms with Gasteiger partial charge in [0.05, 0.1) is 18.7 Å². The Hall–Kier alpha value is -2.23. The molecule has 2 saturated heterocycles. The fourth-order valence-electron chi connectivity index (χ4n) is 3.99. The molecule has 2 amide bonds. The van der Waals surface area contributed by atoms with Gasteiger partial charge in [-0.3, -0.25) is 9.59 Å². The SMILES string of the molecule is CC1(C)O[C@@H]2[C@@H](CNC(=O)c3ccc(Cl)nc3Cl)OC[C@]2(CNC(=O)c2ccccc2)O1. The average molecular weight is 480 g/mol. The van der Waals surface area contributed by atoms with Gasteiger partial charge in [-0.15, -0.1) is 0 Å². The molecule has 2 aliphatic heterocycles. The fraction of sp³-hybridized carbons (Fsp3) is 0.409. The Kier molecular flexibility index (Phi) is 6.42. The number of aromatic nitrogens is 1. The second kappa shape index (κ2) is 8.96. The van der Waals surface area contributed by atoms with Gasteiger partial charge in [0.25, 0.3) is 11.8 Å². The Labute approximate surface area is 195 Å². The van der Waals surface area contributed by atoms with Crippen molar-refractivity contribution in [2.75, 3.05) is 19.7 Å². The maximum Gasteiger partial charge on any atom is 0.254 e. The van der Waals surface area contributed by atoms with Gasteiger partial charge in [-0.2, -0.15) is 0 Å². The Morgan fingerprint density at radius 2 is 1.84 bits per heavy atom. The molecule has 8 nitrogen and oxygen atoms in total. The zero-order chi connectivity index (χ0) is 22.9. The number of nitrogens with zero attached hydrogens (tertiary/aromatic N) is 1. The van der Waals surface area contributed by atoms with Crippen molar-refractivity contribution in [2.24, 2.45) is 0 Å². The van der Waals surface area contributed by atoms with Crippen molar-refractivity contribution in [1.29, 1.82) is 0 Å². The van der Waals surface area contributed by atoms with Crippen LogP contribution < -0.4 is 10.6 Å². The normalized spacial score (nSPS) is 25.9. The summed E-state index contributed by atoms with van der Waals surface area (Å²) in [6, 6.07) is 11.9. The smallest absolute Gasteiger partial charge is 0.254 e. The quantitative estimate of drug-likeness (QED) is 0.618. The van der Waals surface area contributed by atoms with Gasteiger partial charge in [-0.25, -0.2) is 4.98 Å². The van der Waals surface area contributed by atoms with Crippen LogP contribution >= 0.6 is 23.2 Å². The third-order valence-electron chi connectivity index (χ3n) is 5.37. The molecule has 0 saturated carbocycles. The third-order valence-corrected chi connectivity index (χ3v) is 5.86. The molecule has 0 spiro atoms. The highest BCUT2D eigenvalue weighted by Gasteiger charge is 2.61. The van der Waals surface area contributed by atoms with E-state index in [0.29, 0.717) is 5.56 Å². The van der Waals surface area contributed by atoms with E-state index in [2.05, 4.69) is 15.6 Å². The Morgan fingerprint density at radius 3 is 2.56 bits per heavy atom. The summed E-state index contributed by atoms with van der Waals surface area (Å²) < 4.78 is 18.2. The minimum Gasteiger partial charge on any atom is -0.370 e. The van der Waals surface area contributed by atoms with Crippen LogP contribution in [0.5, 0.6) is 0 Å². The molecule has 2 fully saturated rings. The summed E-state index contributed by atoms with van der Waals surface area (Å²) >= 11 is 11.8. The Bertz CT molecular complexity index is 1020. The number of pyridine rings is 1. The van der Waals surface area contributed by atoms with E-state index in [1.54, 1.807) is 38.1 Å². The van der Waals surface area contributed by atoms with Crippen molar-refractivity contribution in [3.8, 4) is 0 Å². The molecule has 1 aromatic carbocycles. The van der Waals surface area contributed by atoms with Crippen LogP contribution in [0.15, 0.2) is 42.5 Å². The second-order valence-corrected chi connectivity index (χ2v) is 8.93. The van der Waals surface area contributed by atoms with Crippen LogP contribution in [0.1, 0.15) is 34.6 Å². The average Bonchev–Trinajstić information content (AvgIpc) is 3.21. The predicted molar refractivity (Wildman–Crippen MR) is 118 cm³/mol. The van der Waals surface area contributed by atoms with Crippen molar-refractivity contribution < 1.29 is 23.8 Å². The van der Waals surface area contributed by atoms with E-state index in [4.69, 9.17) is 37.4 Å². The van der Waals surface area contributed by atoms with Crippen LogP contribution in [-0.2, 0) is 14.2 Å². The standard InChI is InChI=1S/C22H23Cl2N3O5/c1-21(2)31-17-15(10-25-20(29)14-8-9-16(23)27-18(14)24)30-12-22(17,32-21)11-26-19(28)13-6-4-3-5-7-13/h3-9,15,17H,10-12H2,1-2H3,(H,25,29)(H,26,28)/t15-,17-,22+/m1/s1. The summed E-state index contributed by atoms with van der Waals surface area (Å²) in [5.74, 6) is -1.48. The number of hydrogen-bond donors (Lipinski definition) is 2. The first-order valence-corrected chi connectivity index (χ1v) is 10.9. The lowest BCUT2D eigenvalue weighted by atomic mass is 9.96. The first kappa shape index (κ1) is 22.9. The predicted octanol–water partition coefficient (Wildman–Crippen LogP) is 2.84. The number of fused-ring (bicyclic) bond motifs is 1. The van der Waals surface area contributed by atoms with Crippen molar-refractivity contribution in [3.63, 3.8) is 0 Å². The third kappa shape index (κ3) is 4.74. The van der Waals surface area contributed by atoms with Crippen LogP contribution in [-0.4, -0.2) is 60.1 Å². The monoisotopic (exact) mass is 479 g/mol. The highest BCUT2D eigenvalue weighted by Crippen LogP contribution is 2.43. The van der Waals surface area contributed by atoms with E-state index < -0.39 is 29.5 Å². The number of benzene rings is 1. The molecule has 2 aromatic rings. The molecular formula is C22H23Cl2N3O5. The maximum absolute atomic E-state index is 12.5. The van der Waals surface area contributed by atoms with Crippen molar-refractivity contribution in [2.45, 2.75) is 37.4 Å². The molecular weight excluding hydrogens is 457 g/mol. The summed E-state index contributed by atoms with van der Waals surface area (Å²) in [5, 5.41) is 5.93. The topological polar surface area (TPSA) is 98.8 Å². The first-order chi connectivity index (χ1) is 15.2. The number of ether oxygens (including phenoxy) is 3. The van der Waals surface area contributed by atoms with Gasteiger partial charge in [-0.1, -0.05) is 41.4 Å². The van der Waals surface area contributed by atoms with Gasteiger partial charge in [0.2, 0.25) is 0 Å². The zero-order valence-corrected chi connectivity index (χ0v) is 19.1. The molecule has 1 aromatic heterocycles. The van der Waals surface area contributed by atoms with Gasteiger partial charge in [-0.05, 0) is 38.1 Å². The maximum atomic E-state index is 12.5. The number of hydrogen-bond acceptors (Lipinski definition) is 6. The fourth-order valence-corrected chi connectivity index (χ4v) is 4.42. The molecule has 0 bridgehead atoms. The lowest BCUT2D eigenvalue weighted by Crippen LogP contribution is -2.52. The molecule has 10 heteroatoms. The van der Waals surface area contributed by atoms with E-state index in [-0.39, 0.29) is 41.5 Å². The Balaban J connectivity index is 1.42. The van der Waals surface area contributed by atoms with Crippen molar-refractivity contribution in [3.05, 3.63) is 63.9 Å². The van der Waals surface area contributed by atoms with Crippen molar-refractivity contribution >= 4 is 35.0 Å². The molecule has 0 radical (unpaired) electrons. The van der Waals surface area contributed by atoms with Crippen LogP contribution in [0.3, 0.4) is 0 Å². The summed E-state index contributed by atoms with van der Waals surface area (Å²) in [7, 11) is 0. The van der Waals surface area contributed by atoms with Crippen LogP contribution in [0, 0.1) is 0 Å². The number of rotatable bonds is 6. The lowest BCUT2D eigenvalue weighted by Gasteiger charge is -2.27. The van der Waals surface area contributed by atoms with Gasteiger partial charge in [0.1, 0.15) is 28.1 Å². The van der Waals surface area contributed by atoms with E-state index in [1.165, 1.54) is 12.1 Å². The summed E-state index contributed by atoms with van der Waals surface area (Å²) in [6.45, 7) is 4.18. The van der Waals surface area contributed by atoms with Crippen LogP contribution in [0.2, 0.25) is 10.3 Å². The molecule has 4 rings (SSSR count). The first-order valence-electron chi connectivity index (χ1n) is 10.1. The molecule has 3 atom stereocenters. The molecule has 170 valence electrons. The van der Waals surface area contributed by atoms with Gasteiger partial charge in [0.15, 0.2) is 5.79 Å². The molecule has 3 heterocycles. The van der Waals surface area contributed by atoms with E-state index in [9.17, 15) is 9.59 Å². The molecule has 2 aliphatic rings. The minimum absolute atomic E-state index is 0.0156. The summed E-state index contributed by atoms with van der Waals surface area (Å²) in [4.78, 5) is 28.9. The van der Waals surface area contributed by atoms with E-state index in [1.807, 2.05) is 6.07 Å². The lowest BCUT2D eigenvalue weighted by molar-refractivity contribution is -0.188. The van der Waals surface area contributed by atoms with Gasteiger partial charge in [0, 0.05) is 12.1 Å². The van der Waals surface area contributed by atoms with E-state index >= 15 is 0 Å². The van der Waals surface area contributed by atoms with Gasteiger partial charge < -0.3 is 24.8 Å². The molecule has 32 heavy (non-hydrogen) atoms. The highest BCUT2D eigenvalue weighted by molar-refractivity contribution is 6.34. The van der Waals surface area contributed by atoms with Crippen LogP contribution in [0.25, 0.3) is 0 Å². The molecule has 0 aliphatic carbocycles. The summed E-state index contributed by atoms with van der Waals surface area (Å²) in [5.41, 5.74) is -0.114. The largest absolute Gasteiger partial charge is 0.370 e. The Morgan fingerprint density at radius 1 is 1.09 bits per heavy atom. The second-order valence-electron chi connectivity index (χ2n) is 8.19. The van der Waals surface area contributed by atoms with Crippen LogP contribution in [0.4, 0.5) is 0 Å². The number of carbonyl (C=O) groups excluding carboxylic acids is 2. The zero-order valence-electron chi connectivity index (χ0n) is 17.6. The van der Waals surface area contributed by atoms with E-state index in [0.717, 1.165) is 0 Å². The van der Waals surface area contributed by atoms with Gasteiger partial charge >= 0.3 is 0 Å². The van der Waals surface area contributed by atoms with Crippen molar-refractivity contribution in [1.82, 2.24) is 15.6 Å². The molecule has 2 N–H and O–H groups in total. The summed E-state index contributed by atoms with van der Waals surface area (Å²) in [6.07, 6.45) is -0.971. The minimum atomic E-state index is -0.872. The number of carbonyl (C=O) groups is 2. The number of nitrogens with one attached hydrogen (secondary N) is 2. The molecule has 0 unspecified atom stereocenters. The highest BCUT2D eigenvalue weighted by atomic mass is 35.5.